The van der Waals surface area contributed by atoms with Crippen molar-refractivity contribution in [1.82, 2.24) is 4.57 Å². The number of unbranched alkanes of at least 4 members (excludes halogenated alkanes) is 3. The quantitative estimate of drug-likeness (QED) is 0.537. The summed E-state index contributed by atoms with van der Waals surface area (Å²) in [6.07, 6.45) is 6.11. The number of nitrogens with two attached hydrogens (primary N) is 1. The maximum atomic E-state index is 11.8. The average Bonchev–Trinajstić information content (AvgIpc) is 2.79. The van der Waals surface area contributed by atoms with Crippen LogP contribution < -0.4 is 11.1 Å². The molecule has 1 aromatic rings. The van der Waals surface area contributed by atoms with Gasteiger partial charge in [0, 0.05) is 19.7 Å². The highest BCUT2D eigenvalue weighted by Crippen LogP contribution is 2.14. The van der Waals surface area contributed by atoms with E-state index < -0.39 is 0 Å². The minimum Gasteiger partial charge on any atom is -0.461 e. The number of nitrogens with zero attached hydrogens (tertiary/aromatic N) is 1. The van der Waals surface area contributed by atoms with Crippen molar-refractivity contribution < 1.29 is 14.3 Å². The fraction of sp³-hybridized carbons (Fsp3) is 0.600. The summed E-state index contributed by atoms with van der Waals surface area (Å²) in [6.45, 7) is 2.79. The molecule has 1 heterocycles. The topological polar surface area (TPSA) is 86.3 Å². The first kappa shape index (κ1) is 20.5. The Kier molecular flexibility index (Phi) is 10.3. The van der Waals surface area contributed by atoms with Crippen LogP contribution in [0.2, 0.25) is 0 Å². The van der Waals surface area contributed by atoms with Gasteiger partial charge in [0.2, 0.25) is 5.91 Å². The Hall–Kier alpha value is -1.53. The van der Waals surface area contributed by atoms with Crippen molar-refractivity contribution in [1.29, 1.82) is 0 Å². The molecule has 0 fully saturated rings. The molecular weight excluding hydrogens is 306 g/mol. The van der Waals surface area contributed by atoms with Gasteiger partial charge in [0.05, 0.1) is 12.3 Å². The third kappa shape index (κ3) is 6.95. The van der Waals surface area contributed by atoms with Crippen LogP contribution in [0.3, 0.4) is 0 Å². The Morgan fingerprint density at radius 3 is 2.59 bits per heavy atom. The molecule has 0 saturated heterocycles. The van der Waals surface area contributed by atoms with Gasteiger partial charge in [-0.15, -0.1) is 12.4 Å². The minimum absolute atomic E-state index is 0. The smallest absolute Gasteiger partial charge is 0.355 e. The van der Waals surface area contributed by atoms with Crippen molar-refractivity contribution in [3.05, 3.63) is 18.0 Å². The third-order valence-electron chi connectivity index (χ3n) is 3.13. The van der Waals surface area contributed by atoms with Crippen LogP contribution in [0.1, 0.15) is 49.5 Å². The molecule has 1 rings (SSSR count). The molecule has 0 aliphatic rings. The average molecular weight is 332 g/mol. The van der Waals surface area contributed by atoms with E-state index in [1.165, 1.54) is 0 Å². The molecule has 0 atom stereocenters. The molecule has 3 N–H and O–H groups in total. The van der Waals surface area contributed by atoms with Crippen molar-refractivity contribution in [2.45, 2.75) is 39.0 Å². The van der Waals surface area contributed by atoms with Crippen LogP contribution in [0, 0.1) is 0 Å². The normalized spacial score (nSPS) is 9.95. The minimum atomic E-state index is -0.387. The molecule has 22 heavy (non-hydrogen) atoms. The molecule has 126 valence electrons. The zero-order valence-corrected chi connectivity index (χ0v) is 14.1. The number of ether oxygens (including phenoxy) is 1. The number of rotatable bonds is 9. The maximum Gasteiger partial charge on any atom is 0.355 e. The van der Waals surface area contributed by atoms with Crippen LogP contribution in [0.25, 0.3) is 0 Å². The van der Waals surface area contributed by atoms with Crippen molar-refractivity contribution in [2.75, 3.05) is 18.5 Å². The van der Waals surface area contributed by atoms with Crippen LogP contribution in [-0.2, 0) is 16.6 Å². The van der Waals surface area contributed by atoms with Gasteiger partial charge in [0.15, 0.2) is 0 Å². The molecule has 1 amide bonds. The van der Waals surface area contributed by atoms with Gasteiger partial charge in [-0.25, -0.2) is 4.79 Å². The number of carbonyl (C=O) groups is 2. The third-order valence-corrected chi connectivity index (χ3v) is 3.13. The van der Waals surface area contributed by atoms with Crippen LogP contribution in [0.4, 0.5) is 5.69 Å². The summed E-state index contributed by atoms with van der Waals surface area (Å²) in [5, 5.41) is 2.80. The highest BCUT2D eigenvalue weighted by molar-refractivity contribution is 5.94. The van der Waals surface area contributed by atoms with E-state index in [0.717, 1.165) is 25.7 Å². The lowest BCUT2D eigenvalue weighted by atomic mass is 10.1. The van der Waals surface area contributed by atoms with Crippen molar-refractivity contribution >= 4 is 30.0 Å². The molecule has 0 bridgehead atoms. The van der Waals surface area contributed by atoms with E-state index in [9.17, 15) is 9.59 Å². The number of anilines is 1. The molecule has 0 aromatic carbocycles. The number of carbonyl (C=O) groups excluding carboxylic acids is 2. The molecule has 1 aromatic heterocycles. The number of nitrogens with one attached hydrogen (secondary N) is 1. The summed E-state index contributed by atoms with van der Waals surface area (Å²) < 4.78 is 6.59. The number of amides is 1. The maximum absolute atomic E-state index is 11.8. The van der Waals surface area contributed by atoms with E-state index in [1.54, 1.807) is 30.8 Å². The number of hydrogen-bond acceptors (Lipinski definition) is 4. The Balaban J connectivity index is 0.00000441. The first-order valence-corrected chi connectivity index (χ1v) is 7.42. The summed E-state index contributed by atoms with van der Waals surface area (Å²) in [5.74, 6) is -0.425. The standard InChI is InChI=1S/C15H25N3O3.ClH/c1-3-21-15(20)13-10-12(11-18(13)2)17-14(19)8-6-4-5-7-9-16;/h10-11H,3-9,16H2,1-2H3,(H,17,19);1H. The van der Waals surface area contributed by atoms with Gasteiger partial charge in [0.1, 0.15) is 5.69 Å². The van der Waals surface area contributed by atoms with E-state index in [-0.39, 0.29) is 24.3 Å². The molecule has 0 radical (unpaired) electrons. The number of esters is 1. The zero-order valence-electron chi connectivity index (χ0n) is 13.3. The summed E-state index contributed by atoms with van der Waals surface area (Å²) in [6, 6.07) is 1.63. The number of hydrogen-bond donors (Lipinski definition) is 2. The Labute approximate surface area is 137 Å². The highest BCUT2D eigenvalue weighted by atomic mass is 35.5. The van der Waals surface area contributed by atoms with Gasteiger partial charge in [0.25, 0.3) is 0 Å². The molecule has 0 spiro atoms. The van der Waals surface area contributed by atoms with Gasteiger partial charge in [-0.1, -0.05) is 12.8 Å². The van der Waals surface area contributed by atoms with Crippen molar-refractivity contribution in [2.24, 2.45) is 12.8 Å². The van der Waals surface area contributed by atoms with Crippen LogP contribution in [0.15, 0.2) is 12.3 Å². The number of halogens is 1. The largest absolute Gasteiger partial charge is 0.461 e. The van der Waals surface area contributed by atoms with Crippen molar-refractivity contribution in [3.8, 4) is 0 Å². The Bertz CT molecular complexity index is 475. The molecule has 0 aliphatic carbocycles. The number of aryl methyl sites for hydroxylation is 1. The van der Waals surface area contributed by atoms with Gasteiger partial charge >= 0.3 is 5.97 Å². The second-order valence-electron chi connectivity index (χ2n) is 4.95. The van der Waals surface area contributed by atoms with E-state index in [4.69, 9.17) is 10.5 Å². The fourth-order valence-electron chi connectivity index (χ4n) is 2.05. The van der Waals surface area contributed by atoms with Gasteiger partial charge in [-0.05, 0) is 32.4 Å². The van der Waals surface area contributed by atoms with Gasteiger partial charge in [-0.3, -0.25) is 4.79 Å². The fourth-order valence-corrected chi connectivity index (χ4v) is 2.05. The predicted molar refractivity (Wildman–Crippen MR) is 89.4 cm³/mol. The van der Waals surface area contributed by atoms with E-state index in [0.29, 0.717) is 31.0 Å². The Morgan fingerprint density at radius 2 is 1.95 bits per heavy atom. The molecule has 7 heteroatoms. The monoisotopic (exact) mass is 331 g/mol. The summed E-state index contributed by atoms with van der Waals surface area (Å²) >= 11 is 0. The summed E-state index contributed by atoms with van der Waals surface area (Å²) in [4.78, 5) is 23.5. The summed E-state index contributed by atoms with van der Waals surface area (Å²) in [5.41, 5.74) is 6.46. The van der Waals surface area contributed by atoms with E-state index >= 15 is 0 Å². The SMILES string of the molecule is CCOC(=O)c1cc(NC(=O)CCCCCCN)cn1C.Cl. The van der Waals surface area contributed by atoms with Gasteiger partial charge < -0.3 is 20.4 Å². The first-order valence-electron chi connectivity index (χ1n) is 7.42. The summed E-state index contributed by atoms with van der Waals surface area (Å²) in [7, 11) is 1.74. The van der Waals surface area contributed by atoms with E-state index in [2.05, 4.69) is 5.32 Å². The second-order valence-corrected chi connectivity index (χ2v) is 4.95. The molecule has 0 saturated carbocycles. The van der Waals surface area contributed by atoms with Crippen LogP contribution in [-0.4, -0.2) is 29.6 Å². The lowest BCUT2D eigenvalue weighted by Crippen LogP contribution is -2.10. The highest BCUT2D eigenvalue weighted by Gasteiger charge is 2.13. The van der Waals surface area contributed by atoms with Crippen molar-refractivity contribution in [3.63, 3.8) is 0 Å². The second kappa shape index (κ2) is 11.1. The molecule has 0 unspecified atom stereocenters. The van der Waals surface area contributed by atoms with Crippen LogP contribution in [0.5, 0.6) is 0 Å². The number of aromatic nitrogens is 1. The van der Waals surface area contributed by atoms with E-state index in [1.807, 2.05) is 0 Å². The zero-order chi connectivity index (χ0) is 15.7. The first-order chi connectivity index (χ1) is 10.1. The molecule has 6 nitrogen and oxygen atoms in total. The van der Waals surface area contributed by atoms with Gasteiger partial charge in [-0.2, -0.15) is 0 Å². The Morgan fingerprint density at radius 1 is 1.27 bits per heavy atom. The molecule has 0 aliphatic heterocycles. The predicted octanol–water partition coefficient (Wildman–Crippen LogP) is 2.47. The molecular formula is C15H26ClN3O3. The van der Waals surface area contributed by atoms with Crippen LogP contribution >= 0.6 is 12.4 Å². The lowest BCUT2D eigenvalue weighted by Gasteiger charge is -2.02. The lowest BCUT2D eigenvalue weighted by molar-refractivity contribution is -0.116.